The molecule has 59 heavy (non-hydrogen) atoms. The number of carbonyl (C=O) groups excluding carboxylic acids is 1. The van der Waals surface area contributed by atoms with Crippen molar-refractivity contribution in [3.63, 3.8) is 0 Å². The van der Waals surface area contributed by atoms with Crippen molar-refractivity contribution in [2.24, 2.45) is 33.5 Å². The summed E-state index contributed by atoms with van der Waals surface area (Å²) in [6.45, 7) is 6.41. The molecule has 0 aromatic carbocycles. The molecule has 338 valence electrons. The summed E-state index contributed by atoms with van der Waals surface area (Å²) >= 11 is 0. The molecule has 4 saturated carbocycles. The van der Waals surface area contributed by atoms with Crippen LogP contribution in [0.1, 0.15) is 78.1 Å². The summed E-state index contributed by atoms with van der Waals surface area (Å²) in [5.74, 6) is -0.437. The number of hydrogen-bond acceptors (Lipinski definition) is 18. The van der Waals surface area contributed by atoms with E-state index in [1.807, 2.05) is 6.92 Å². The third kappa shape index (κ3) is 7.74. The van der Waals surface area contributed by atoms with Gasteiger partial charge in [-0.2, -0.15) is 0 Å². The predicted octanol–water partition coefficient (Wildman–Crippen LogP) is -2.26. The van der Waals surface area contributed by atoms with E-state index < -0.39 is 135 Å². The van der Waals surface area contributed by atoms with Gasteiger partial charge in [-0.25, -0.2) is 0 Å². The van der Waals surface area contributed by atoms with Crippen molar-refractivity contribution < 1.29 is 89.4 Å². The average Bonchev–Trinajstić information content (AvgIpc) is 3.21. The quantitative estimate of drug-likeness (QED) is 0.0773. The van der Waals surface area contributed by atoms with Crippen molar-refractivity contribution in [1.82, 2.24) is 0 Å². The molecule has 21 atom stereocenters. The smallest absolute Gasteiger partial charge is 0.314 e. The van der Waals surface area contributed by atoms with E-state index in [9.17, 15) is 61.0 Å². The molecule has 0 aromatic heterocycles. The molecule has 7 fully saturated rings. The highest BCUT2D eigenvalue weighted by Crippen LogP contribution is 2.73. The van der Waals surface area contributed by atoms with Crippen LogP contribution in [0.2, 0.25) is 0 Å². The lowest BCUT2D eigenvalue weighted by Crippen LogP contribution is -2.64. The summed E-state index contributed by atoms with van der Waals surface area (Å²) < 4.78 is 35.3. The minimum Gasteiger partial charge on any atom is -0.432 e. The summed E-state index contributed by atoms with van der Waals surface area (Å²) in [4.78, 5) is 14.6. The molecule has 17 unspecified atom stereocenters. The third-order valence-corrected chi connectivity index (χ3v) is 16.1. The Labute approximate surface area is 343 Å². The highest BCUT2D eigenvalue weighted by molar-refractivity contribution is 5.77. The third-order valence-electron chi connectivity index (χ3n) is 16.1. The Kier molecular flexibility index (Phi) is 13.3. The topological polar surface area (TPSA) is 295 Å². The number of aliphatic hydroxyl groups is 11. The van der Waals surface area contributed by atoms with E-state index >= 15 is 0 Å². The fourth-order valence-corrected chi connectivity index (χ4v) is 12.7. The molecule has 4 aliphatic carbocycles. The van der Waals surface area contributed by atoms with Crippen molar-refractivity contribution in [2.45, 2.75) is 170 Å². The monoisotopic (exact) mass is 846 g/mol. The van der Waals surface area contributed by atoms with Gasteiger partial charge in [0.05, 0.1) is 38.4 Å². The second-order valence-electron chi connectivity index (χ2n) is 19.2. The van der Waals surface area contributed by atoms with Gasteiger partial charge in [-0.1, -0.05) is 25.5 Å². The molecule has 3 saturated heterocycles. The molecule has 0 amide bonds. The summed E-state index contributed by atoms with van der Waals surface area (Å²) in [7, 11) is 0. The Morgan fingerprint density at radius 2 is 1.24 bits per heavy atom. The SMILES string of the molecule is C=C1CC[C@@]23CCC4[C@](C)(C(=O)OC5OC(CO)C(O)C(O)C5OCC5OC(CO)C(O)C(O)C5O)CCC[C@@]4(C)[C@@H]2CCC1(COC1OC(CO)C(O)C(O)C1O)C3. The van der Waals surface area contributed by atoms with E-state index in [1.54, 1.807) is 0 Å². The summed E-state index contributed by atoms with van der Waals surface area (Å²) in [5, 5.41) is 114. The van der Waals surface area contributed by atoms with Crippen molar-refractivity contribution >= 4 is 5.97 Å². The van der Waals surface area contributed by atoms with Crippen molar-refractivity contribution in [2.75, 3.05) is 33.0 Å². The van der Waals surface area contributed by atoms with Gasteiger partial charge in [-0.15, -0.1) is 0 Å². The van der Waals surface area contributed by atoms with Gasteiger partial charge in [0.15, 0.2) is 6.29 Å². The maximum atomic E-state index is 14.6. The summed E-state index contributed by atoms with van der Waals surface area (Å²) in [6, 6.07) is 0. The predicted molar refractivity (Wildman–Crippen MR) is 200 cm³/mol. The zero-order valence-electron chi connectivity index (χ0n) is 33.9. The first-order valence-corrected chi connectivity index (χ1v) is 21.3. The molecular formula is C41H66O18. The average molecular weight is 847 g/mol. The number of aliphatic hydroxyl groups excluding tert-OH is 11. The maximum Gasteiger partial charge on any atom is 0.314 e. The first-order valence-electron chi connectivity index (χ1n) is 21.3. The van der Waals surface area contributed by atoms with Gasteiger partial charge in [0, 0.05) is 5.41 Å². The van der Waals surface area contributed by atoms with Gasteiger partial charge in [-0.05, 0) is 87.4 Å². The van der Waals surface area contributed by atoms with Crippen LogP contribution in [0.3, 0.4) is 0 Å². The normalized spacial score (nSPS) is 52.6. The molecule has 0 radical (unpaired) electrons. The second-order valence-corrected chi connectivity index (χ2v) is 19.2. The number of carbonyl (C=O) groups is 1. The molecule has 2 bridgehead atoms. The van der Waals surface area contributed by atoms with Crippen LogP contribution in [0.15, 0.2) is 12.2 Å². The van der Waals surface area contributed by atoms with Gasteiger partial charge in [0.2, 0.25) is 6.29 Å². The molecule has 18 nitrogen and oxygen atoms in total. The van der Waals surface area contributed by atoms with Crippen LogP contribution >= 0.6 is 0 Å². The number of ether oxygens (including phenoxy) is 6. The minimum absolute atomic E-state index is 0.0873. The highest BCUT2D eigenvalue weighted by Gasteiger charge is 2.67. The van der Waals surface area contributed by atoms with Crippen molar-refractivity contribution in [1.29, 1.82) is 0 Å². The Bertz CT molecular complexity index is 1500. The molecule has 3 heterocycles. The summed E-state index contributed by atoms with van der Waals surface area (Å²) in [5.41, 5.74) is -0.724. The lowest BCUT2D eigenvalue weighted by atomic mass is 9.36. The van der Waals surface area contributed by atoms with E-state index in [-0.39, 0.29) is 29.3 Å². The molecule has 18 heteroatoms. The lowest BCUT2D eigenvalue weighted by molar-refractivity contribution is -0.315. The molecule has 11 N–H and O–H groups in total. The second kappa shape index (κ2) is 17.3. The summed E-state index contributed by atoms with van der Waals surface area (Å²) in [6.07, 6.45) is -14.3. The first-order chi connectivity index (χ1) is 27.9. The van der Waals surface area contributed by atoms with Crippen molar-refractivity contribution in [3.05, 3.63) is 12.2 Å². The fourth-order valence-electron chi connectivity index (χ4n) is 12.7. The van der Waals surface area contributed by atoms with Crippen LogP contribution in [-0.2, 0) is 33.2 Å². The molecule has 7 rings (SSSR count). The molecule has 7 aliphatic rings. The van der Waals surface area contributed by atoms with Gasteiger partial charge in [-0.3, -0.25) is 4.79 Å². The van der Waals surface area contributed by atoms with E-state index in [0.717, 1.165) is 63.4 Å². The standard InChI is InChI=1S/C41H66O18/c1-19-5-10-40-11-6-24-38(2,25(40)7-12-41(19,17-40)18-55-35-33(52)31(50)27(46)21(14-43)57-35)8-4-9-39(24,3)37(53)59-36-34(32(51)28(47)22(15-44)58-36)54-16-23-29(48)30(49)26(45)20(13-42)56-23/h20-36,42-52H,1,4-18H2,2-3H3/t20?,21?,22?,23?,24?,25-,26?,27?,28?,29?,30?,31?,32?,33?,34?,35?,36?,38+,39+,40-,41?/m0/s1. The van der Waals surface area contributed by atoms with Gasteiger partial charge < -0.3 is 84.6 Å². The van der Waals surface area contributed by atoms with Crippen LogP contribution in [0.5, 0.6) is 0 Å². The van der Waals surface area contributed by atoms with Crippen LogP contribution in [0, 0.1) is 33.5 Å². The maximum absolute atomic E-state index is 14.6. The van der Waals surface area contributed by atoms with Crippen LogP contribution in [-0.4, -0.2) is 187 Å². The number of rotatable bonds is 11. The lowest BCUT2D eigenvalue weighted by Gasteiger charge is -2.68. The van der Waals surface area contributed by atoms with Gasteiger partial charge >= 0.3 is 5.97 Å². The van der Waals surface area contributed by atoms with E-state index in [2.05, 4.69) is 13.5 Å². The van der Waals surface area contributed by atoms with Crippen molar-refractivity contribution in [3.8, 4) is 0 Å². The van der Waals surface area contributed by atoms with E-state index in [0.29, 0.717) is 6.42 Å². The van der Waals surface area contributed by atoms with Crippen LogP contribution in [0.25, 0.3) is 0 Å². The molecule has 3 aliphatic heterocycles. The largest absolute Gasteiger partial charge is 0.432 e. The fraction of sp³-hybridized carbons (Fsp3) is 0.927. The molecule has 0 aromatic rings. The Balaban J connectivity index is 1.06. The van der Waals surface area contributed by atoms with Crippen LogP contribution < -0.4 is 0 Å². The number of fused-ring (bicyclic) bond motifs is 3. The number of hydrogen-bond donors (Lipinski definition) is 11. The Hall–Kier alpha value is -1.43. The molecular weight excluding hydrogens is 780 g/mol. The van der Waals surface area contributed by atoms with E-state index in [1.165, 1.54) is 0 Å². The Morgan fingerprint density at radius 1 is 0.661 bits per heavy atom. The van der Waals surface area contributed by atoms with Crippen LogP contribution in [0.4, 0.5) is 0 Å². The van der Waals surface area contributed by atoms with E-state index in [4.69, 9.17) is 28.4 Å². The highest BCUT2D eigenvalue weighted by atomic mass is 16.7. The zero-order chi connectivity index (χ0) is 42.8. The molecule has 1 spiro atoms. The Morgan fingerprint density at radius 3 is 1.90 bits per heavy atom. The van der Waals surface area contributed by atoms with Gasteiger partial charge in [0.25, 0.3) is 0 Å². The zero-order valence-corrected chi connectivity index (χ0v) is 33.9. The number of esters is 1. The first kappa shape index (κ1) is 45.6. The van der Waals surface area contributed by atoms with Gasteiger partial charge in [0.1, 0.15) is 79.4 Å². The minimum atomic E-state index is -1.71.